The maximum absolute atomic E-state index is 13.2. The second-order valence-electron chi connectivity index (χ2n) is 3.00. The van der Waals surface area contributed by atoms with E-state index < -0.39 is 23.6 Å². The van der Waals surface area contributed by atoms with Crippen molar-refractivity contribution in [1.82, 2.24) is 0 Å². The van der Waals surface area contributed by atoms with E-state index in [4.69, 9.17) is 5.73 Å². The first-order valence-corrected chi connectivity index (χ1v) is 3.91. The molecule has 0 amide bonds. The first-order valence-electron chi connectivity index (χ1n) is 3.91. The van der Waals surface area contributed by atoms with Crippen LogP contribution in [0.1, 0.15) is 17.2 Å². The summed E-state index contributed by atoms with van der Waals surface area (Å²) in [7, 11) is 0. The molecule has 14 heavy (non-hydrogen) atoms. The zero-order valence-electron chi connectivity index (χ0n) is 7.40. The highest BCUT2D eigenvalue weighted by atomic mass is 19.4. The van der Waals surface area contributed by atoms with Crippen LogP contribution in [0, 0.1) is 12.7 Å². The summed E-state index contributed by atoms with van der Waals surface area (Å²) >= 11 is 0. The van der Waals surface area contributed by atoms with Gasteiger partial charge < -0.3 is 5.73 Å². The van der Waals surface area contributed by atoms with E-state index in [-0.39, 0.29) is 5.56 Å². The highest BCUT2D eigenvalue weighted by Gasteiger charge is 2.39. The minimum atomic E-state index is -4.62. The number of alkyl halides is 3. The molecule has 1 rings (SSSR count). The van der Waals surface area contributed by atoms with Crippen LogP contribution in [0.5, 0.6) is 0 Å². The second kappa shape index (κ2) is 3.57. The molecule has 5 heteroatoms. The van der Waals surface area contributed by atoms with E-state index in [1.807, 2.05) is 0 Å². The van der Waals surface area contributed by atoms with Gasteiger partial charge in [-0.05, 0) is 12.5 Å². The van der Waals surface area contributed by atoms with E-state index in [0.29, 0.717) is 0 Å². The normalized spacial score (nSPS) is 14.1. The molecule has 0 aliphatic carbocycles. The Morgan fingerprint density at radius 1 is 1.29 bits per heavy atom. The Labute approximate surface area is 78.5 Å². The predicted molar refractivity (Wildman–Crippen MR) is 44.1 cm³/mol. The Balaban J connectivity index is 3.14. The zero-order chi connectivity index (χ0) is 10.9. The fraction of sp³-hybridized carbons (Fsp3) is 0.333. The largest absolute Gasteiger partial charge is 0.407 e. The highest BCUT2D eigenvalue weighted by Crippen LogP contribution is 2.32. The summed E-state index contributed by atoms with van der Waals surface area (Å²) in [5.41, 5.74) is 4.52. The van der Waals surface area contributed by atoms with Crippen LogP contribution in [0.3, 0.4) is 0 Å². The van der Waals surface area contributed by atoms with Gasteiger partial charge in [-0.15, -0.1) is 0 Å². The molecule has 0 heterocycles. The summed E-state index contributed by atoms with van der Waals surface area (Å²) in [6, 6.07) is 1.52. The van der Waals surface area contributed by atoms with Crippen LogP contribution in [0.2, 0.25) is 0 Å². The van der Waals surface area contributed by atoms with E-state index in [2.05, 4.69) is 0 Å². The van der Waals surface area contributed by atoms with Gasteiger partial charge in [0.05, 0.1) is 0 Å². The Morgan fingerprint density at radius 2 is 1.86 bits per heavy atom. The number of aryl methyl sites for hydroxylation is 1. The lowest BCUT2D eigenvalue weighted by molar-refractivity contribution is -0.149. The van der Waals surface area contributed by atoms with E-state index in [1.54, 1.807) is 0 Å². The lowest BCUT2D eigenvalue weighted by Crippen LogP contribution is -2.29. The van der Waals surface area contributed by atoms with Crippen molar-refractivity contribution in [2.24, 2.45) is 5.73 Å². The van der Waals surface area contributed by atoms with E-state index in [0.717, 1.165) is 6.07 Å². The lowest BCUT2D eigenvalue weighted by Gasteiger charge is -2.17. The van der Waals surface area contributed by atoms with Gasteiger partial charge in [0.25, 0.3) is 0 Å². The molecule has 0 aliphatic heterocycles. The molecule has 0 aromatic heterocycles. The number of benzene rings is 1. The van der Waals surface area contributed by atoms with Gasteiger partial charge in [-0.25, -0.2) is 4.39 Å². The van der Waals surface area contributed by atoms with Crippen molar-refractivity contribution in [3.8, 4) is 0 Å². The number of nitrogens with two attached hydrogens (primary N) is 1. The summed E-state index contributed by atoms with van der Waals surface area (Å²) in [4.78, 5) is 0. The molecular weight excluding hydrogens is 198 g/mol. The van der Waals surface area contributed by atoms with Crippen LogP contribution in [0.15, 0.2) is 18.2 Å². The average Bonchev–Trinajstić information content (AvgIpc) is 2.07. The van der Waals surface area contributed by atoms with Gasteiger partial charge in [-0.1, -0.05) is 18.2 Å². The first-order chi connectivity index (χ1) is 6.34. The molecule has 2 N–H and O–H groups in total. The molecule has 0 radical (unpaired) electrons. The van der Waals surface area contributed by atoms with Crippen LogP contribution in [0.25, 0.3) is 0 Å². The maximum Gasteiger partial charge on any atom is 0.407 e. The minimum Gasteiger partial charge on any atom is -0.316 e. The molecule has 0 fully saturated rings. The summed E-state index contributed by atoms with van der Waals surface area (Å²) in [5.74, 6) is -0.891. The van der Waals surface area contributed by atoms with Gasteiger partial charge in [0, 0.05) is 5.56 Å². The van der Waals surface area contributed by atoms with Crippen LogP contribution in [-0.2, 0) is 0 Å². The van der Waals surface area contributed by atoms with Crippen molar-refractivity contribution in [1.29, 1.82) is 0 Å². The van der Waals surface area contributed by atoms with Crippen molar-refractivity contribution in [3.05, 3.63) is 35.1 Å². The molecule has 78 valence electrons. The first kappa shape index (κ1) is 11.0. The van der Waals surface area contributed by atoms with Gasteiger partial charge in [-0.3, -0.25) is 0 Å². The van der Waals surface area contributed by atoms with Gasteiger partial charge in [-0.2, -0.15) is 13.2 Å². The number of hydrogen-bond donors (Lipinski definition) is 1. The monoisotopic (exact) mass is 207 g/mol. The van der Waals surface area contributed by atoms with Crippen LogP contribution >= 0.6 is 0 Å². The third-order valence-corrected chi connectivity index (χ3v) is 1.91. The smallest absolute Gasteiger partial charge is 0.316 e. The summed E-state index contributed by atoms with van der Waals surface area (Å²) < 4.78 is 49.7. The fourth-order valence-electron chi connectivity index (χ4n) is 1.09. The van der Waals surface area contributed by atoms with Crippen molar-refractivity contribution in [2.75, 3.05) is 0 Å². The summed E-state index contributed by atoms with van der Waals surface area (Å²) in [5, 5.41) is 0. The van der Waals surface area contributed by atoms with Gasteiger partial charge in [0.1, 0.15) is 11.9 Å². The topological polar surface area (TPSA) is 26.0 Å². The summed E-state index contributed by atoms with van der Waals surface area (Å²) in [6.45, 7) is 1.39. The SMILES string of the molecule is Cc1cccc(C(N)C(F)(F)F)c1F. The van der Waals surface area contributed by atoms with Crippen LogP contribution in [0.4, 0.5) is 17.6 Å². The molecule has 1 aromatic rings. The van der Waals surface area contributed by atoms with Crippen molar-refractivity contribution >= 4 is 0 Å². The molecule has 0 saturated carbocycles. The maximum atomic E-state index is 13.2. The molecule has 0 aliphatic rings. The van der Waals surface area contributed by atoms with Gasteiger partial charge in [0.15, 0.2) is 0 Å². The van der Waals surface area contributed by atoms with Gasteiger partial charge in [0.2, 0.25) is 0 Å². The molecule has 1 aromatic carbocycles. The molecule has 1 unspecified atom stereocenters. The van der Waals surface area contributed by atoms with E-state index >= 15 is 0 Å². The van der Waals surface area contributed by atoms with Crippen LogP contribution in [-0.4, -0.2) is 6.18 Å². The van der Waals surface area contributed by atoms with Crippen molar-refractivity contribution in [2.45, 2.75) is 19.1 Å². The minimum absolute atomic E-state index is 0.155. The third kappa shape index (κ3) is 2.04. The Morgan fingerprint density at radius 3 is 2.36 bits per heavy atom. The second-order valence-corrected chi connectivity index (χ2v) is 3.00. The Bertz CT molecular complexity index is 332. The molecule has 0 spiro atoms. The lowest BCUT2D eigenvalue weighted by atomic mass is 10.0. The van der Waals surface area contributed by atoms with Crippen molar-refractivity contribution < 1.29 is 17.6 Å². The van der Waals surface area contributed by atoms with E-state index in [1.165, 1.54) is 19.1 Å². The van der Waals surface area contributed by atoms with E-state index in [9.17, 15) is 17.6 Å². The highest BCUT2D eigenvalue weighted by molar-refractivity contribution is 5.28. The van der Waals surface area contributed by atoms with Crippen molar-refractivity contribution in [3.63, 3.8) is 0 Å². The standard InChI is InChI=1S/C9H9F4N/c1-5-3-2-4-6(7(5)10)8(14)9(11,12)13/h2-4,8H,14H2,1H3. The molecular formula is C9H9F4N. The fourth-order valence-corrected chi connectivity index (χ4v) is 1.09. The molecule has 1 atom stereocenters. The summed E-state index contributed by atoms with van der Waals surface area (Å²) in [6.07, 6.45) is -4.62. The molecule has 1 nitrogen and oxygen atoms in total. The third-order valence-electron chi connectivity index (χ3n) is 1.91. The quantitative estimate of drug-likeness (QED) is 0.704. The Kier molecular flexibility index (Phi) is 2.80. The number of hydrogen-bond acceptors (Lipinski definition) is 1. The molecule has 0 saturated heterocycles. The van der Waals surface area contributed by atoms with Gasteiger partial charge >= 0.3 is 6.18 Å². The molecule has 0 bridgehead atoms. The zero-order valence-corrected chi connectivity index (χ0v) is 7.40. The number of rotatable bonds is 1. The number of halogens is 4. The Hall–Kier alpha value is -1.10. The van der Waals surface area contributed by atoms with Crippen LogP contribution < -0.4 is 5.73 Å². The predicted octanol–water partition coefficient (Wildman–Crippen LogP) is 2.70. The average molecular weight is 207 g/mol.